The summed E-state index contributed by atoms with van der Waals surface area (Å²) in [6.07, 6.45) is 0. The molecular formula is C17H17NO6S. The molecule has 0 spiro atoms. The Kier molecular flexibility index (Phi) is 5.43. The normalized spacial score (nSPS) is 10.8. The molecular weight excluding hydrogens is 346 g/mol. The number of sulfonamides is 1. The Balaban J connectivity index is 2.42. The summed E-state index contributed by atoms with van der Waals surface area (Å²) in [6.45, 7) is 2.41. The lowest BCUT2D eigenvalue weighted by Crippen LogP contribution is -2.35. The molecule has 0 aliphatic heterocycles. The van der Waals surface area contributed by atoms with Crippen LogP contribution in [0, 0.1) is 0 Å². The van der Waals surface area contributed by atoms with Crippen LogP contribution < -0.4 is 13.8 Å². The summed E-state index contributed by atoms with van der Waals surface area (Å²) in [5.41, 5.74) is 0.138. The van der Waals surface area contributed by atoms with Crippen LogP contribution in [0.5, 0.6) is 11.5 Å². The van der Waals surface area contributed by atoms with Crippen LogP contribution in [-0.2, 0) is 19.6 Å². The number of methoxy groups -OCH3 is 1. The van der Waals surface area contributed by atoms with Gasteiger partial charge in [0.1, 0.15) is 11.5 Å². The lowest BCUT2D eigenvalue weighted by atomic mass is 10.3. The molecule has 0 aliphatic rings. The fourth-order valence-electron chi connectivity index (χ4n) is 2.16. The van der Waals surface area contributed by atoms with Gasteiger partial charge in [0.05, 0.1) is 17.7 Å². The average molecular weight is 363 g/mol. The Bertz CT molecular complexity index is 872. The van der Waals surface area contributed by atoms with E-state index in [1.165, 1.54) is 62.6 Å². The summed E-state index contributed by atoms with van der Waals surface area (Å²) in [7, 11) is -2.63. The van der Waals surface area contributed by atoms with Gasteiger partial charge in [0.15, 0.2) is 0 Å². The second-order valence-electron chi connectivity index (χ2n) is 5.05. The van der Waals surface area contributed by atoms with E-state index < -0.39 is 21.9 Å². The molecule has 0 fully saturated rings. The number of amides is 1. The van der Waals surface area contributed by atoms with Gasteiger partial charge in [-0.25, -0.2) is 12.7 Å². The van der Waals surface area contributed by atoms with Crippen molar-refractivity contribution in [2.75, 3.05) is 11.4 Å². The number of anilines is 1. The minimum atomic E-state index is -4.09. The summed E-state index contributed by atoms with van der Waals surface area (Å²) in [5, 5.41) is 0. The first-order valence-electron chi connectivity index (χ1n) is 7.24. The summed E-state index contributed by atoms with van der Waals surface area (Å²) < 4.78 is 36.2. The van der Waals surface area contributed by atoms with Gasteiger partial charge in [-0.3, -0.25) is 9.59 Å². The highest BCUT2D eigenvalue weighted by molar-refractivity contribution is 7.93. The Labute approximate surface area is 145 Å². The predicted octanol–water partition coefficient (Wildman–Crippen LogP) is 2.36. The molecule has 0 saturated heterocycles. The van der Waals surface area contributed by atoms with E-state index in [0.717, 1.165) is 6.92 Å². The van der Waals surface area contributed by atoms with Crippen LogP contribution in [0.1, 0.15) is 13.8 Å². The van der Waals surface area contributed by atoms with Crippen LogP contribution in [0.25, 0.3) is 0 Å². The van der Waals surface area contributed by atoms with Crippen LogP contribution >= 0.6 is 0 Å². The smallest absolute Gasteiger partial charge is 0.308 e. The Morgan fingerprint density at radius 1 is 0.880 bits per heavy atom. The van der Waals surface area contributed by atoms with Crippen molar-refractivity contribution < 1.29 is 27.5 Å². The molecule has 0 N–H and O–H groups in total. The third-order valence-corrected chi connectivity index (χ3v) is 5.03. The van der Waals surface area contributed by atoms with Gasteiger partial charge < -0.3 is 9.47 Å². The van der Waals surface area contributed by atoms with Crippen molar-refractivity contribution in [2.45, 2.75) is 18.7 Å². The average Bonchev–Trinajstić information content (AvgIpc) is 2.55. The van der Waals surface area contributed by atoms with Gasteiger partial charge >= 0.3 is 5.97 Å². The zero-order valence-electron chi connectivity index (χ0n) is 13.9. The van der Waals surface area contributed by atoms with Crippen LogP contribution in [0.2, 0.25) is 0 Å². The molecule has 0 aliphatic carbocycles. The monoisotopic (exact) mass is 363 g/mol. The number of hydrogen-bond acceptors (Lipinski definition) is 6. The van der Waals surface area contributed by atoms with Gasteiger partial charge in [-0.2, -0.15) is 0 Å². The molecule has 25 heavy (non-hydrogen) atoms. The summed E-state index contributed by atoms with van der Waals surface area (Å²) in [4.78, 5) is 22.9. The molecule has 0 atom stereocenters. The van der Waals surface area contributed by atoms with E-state index in [9.17, 15) is 18.0 Å². The van der Waals surface area contributed by atoms with Gasteiger partial charge in [-0.1, -0.05) is 0 Å². The first kappa shape index (κ1) is 18.5. The lowest BCUT2D eigenvalue weighted by molar-refractivity contribution is -0.131. The number of carbonyl (C=O) groups excluding carboxylic acids is 2. The van der Waals surface area contributed by atoms with Crippen molar-refractivity contribution in [2.24, 2.45) is 0 Å². The molecule has 132 valence electrons. The van der Waals surface area contributed by atoms with Crippen molar-refractivity contribution in [3.63, 3.8) is 0 Å². The molecule has 0 bridgehead atoms. The molecule has 0 heterocycles. The zero-order chi connectivity index (χ0) is 18.6. The molecule has 7 nitrogen and oxygen atoms in total. The number of esters is 1. The van der Waals surface area contributed by atoms with Gasteiger partial charge in [0.25, 0.3) is 10.0 Å². The van der Waals surface area contributed by atoms with Crippen molar-refractivity contribution >= 4 is 27.6 Å². The third kappa shape index (κ3) is 4.16. The first-order chi connectivity index (χ1) is 11.8. The molecule has 0 radical (unpaired) electrons. The Morgan fingerprint density at radius 3 is 1.84 bits per heavy atom. The van der Waals surface area contributed by atoms with Crippen LogP contribution in [0.3, 0.4) is 0 Å². The summed E-state index contributed by atoms with van der Waals surface area (Å²) >= 11 is 0. The Hall–Kier alpha value is -2.87. The minimum absolute atomic E-state index is 0.0486. The number of hydrogen-bond donors (Lipinski definition) is 0. The molecule has 0 saturated carbocycles. The third-order valence-electron chi connectivity index (χ3n) is 3.22. The number of carbonyl (C=O) groups is 2. The van der Waals surface area contributed by atoms with Crippen molar-refractivity contribution in [3.8, 4) is 11.5 Å². The maximum atomic E-state index is 12.8. The second kappa shape index (κ2) is 7.35. The fourth-order valence-corrected chi connectivity index (χ4v) is 3.59. The highest BCUT2D eigenvalue weighted by Gasteiger charge is 2.28. The molecule has 0 unspecified atom stereocenters. The molecule has 2 rings (SSSR count). The van der Waals surface area contributed by atoms with Gasteiger partial charge in [0, 0.05) is 13.8 Å². The molecule has 2 aromatic rings. The van der Waals surface area contributed by atoms with Crippen LogP contribution in [-0.4, -0.2) is 27.4 Å². The van der Waals surface area contributed by atoms with Crippen molar-refractivity contribution in [1.29, 1.82) is 0 Å². The Morgan fingerprint density at radius 2 is 1.40 bits per heavy atom. The van der Waals surface area contributed by atoms with Crippen molar-refractivity contribution in [3.05, 3.63) is 48.5 Å². The predicted molar refractivity (Wildman–Crippen MR) is 91.1 cm³/mol. The summed E-state index contributed by atoms with van der Waals surface area (Å²) in [5.74, 6) is -0.418. The van der Waals surface area contributed by atoms with E-state index in [0.29, 0.717) is 10.1 Å². The van der Waals surface area contributed by atoms with Gasteiger partial charge in [-0.05, 0) is 48.5 Å². The van der Waals surface area contributed by atoms with E-state index in [1.807, 2.05) is 0 Å². The van der Waals surface area contributed by atoms with E-state index in [-0.39, 0.29) is 16.3 Å². The van der Waals surface area contributed by atoms with E-state index in [1.54, 1.807) is 0 Å². The molecule has 0 aromatic heterocycles. The quantitative estimate of drug-likeness (QED) is 0.598. The molecule has 2 aromatic carbocycles. The summed E-state index contributed by atoms with van der Waals surface area (Å²) in [6, 6.07) is 11.3. The number of ether oxygens (including phenoxy) is 2. The van der Waals surface area contributed by atoms with E-state index in [4.69, 9.17) is 9.47 Å². The van der Waals surface area contributed by atoms with E-state index in [2.05, 4.69) is 0 Å². The SMILES string of the molecule is COc1ccc(S(=O)(=O)N(C(C)=O)c2ccc(OC(C)=O)cc2)cc1. The minimum Gasteiger partial charge on any atom is -0.497 e. The van der Waals surface area contributed by atoms with Crippen LogP contribution in [0.15, 0.2) is 53.4 Å². The lowest BCUT2D eigenvalue weighted by Gasteiger charge is -2.21. The number of nitrogens with zero attached hydrogens (tertiary/aromatic N) is 1. The van der Waals surface area contributed by atoms with Gasteiger partial charge in [-0.15, -0.1) is 0 Å². The maximum Gasteiger partial charge on any atom is 0.308 e. The zero-order valence-corrected chi connectivity index (χ0v) is 14.7. The molecule has 1 amide bonds. The fraction of sp³-hybridized carbons (Fsp3) is 0.176. The molecule has 8 heteroatoms. The van der Waals surface area contributed by atoms with Crippen molar-refractivity contribution in [1.82, 2.24) is 0 Å². The number of rotatable bonds is 5. The standard InChI is InChI=1S/C17H17NO6S/c1-12(19)18(14-4-6-16(7-5-14)24-13(2)20)25(21,22)17-10-8-15(23-3)9-11-17/h4-11H,1-3H3. The maximum absolute atomic E-state index is 12.8. The first-order valence-corrected chi connectivity index (χ1v) is 8.68. The second-order valence-corrected chi connectivity index (χ2v) is 6.84. The number of benzene rings is 2. The largest absolute Gasteiger partial charge is 0.497 e. The van der Waals surface area contributed by atoms with Crippen LogP contribution in [0.4, 0.5) is 5.69 Å². The van der Waals surface area contributed by atoms with Gasteiger partial charge in [0.2, 0.25) is 5.91 Å². The topological polar surface area (TPSA) is 90.0 Å². The van der Waals surface area contributed by atoms with E-state index >= 15 is 0 Å². The highest BCUT2D eigenvalue weighted by Crippen LogP contribution is 2.27. The highest BCUT2D eigenvalue weighted by atomic mass is 32.2.